The number of piperazine rings is 1. The van der Waals surface area contributed by atoms with Crippen molar-refractivity contribution in [2.45, 2.75) is 13.8 Å². The van der Waals surface area contributed by atoms with Gasteiger partial charge < -0.3 is 14.5 Å². The molecule has 1 saturated heterocycles. The summed E-state index contributed by atoms with van der Waals surface area (Å²) in [5, 5.41) is 2.72. The summed E-state index contributed by atoms with van der Waals surface area (Å²) in [7, 11) is 1.46. The minimum Gasteiger partial charge on any atom is -0.478 e. The van der Waals surface area contributed by atoms with Gasteiger partial charge in [-0.05, 0) is 26.0 Å². The normalized spacial score (nSPS) is 14.3. The van der Waals surface area contributed by atoms with Crippen molar-refractivity contribution < 1.29 is 18.3 Å². The number of nitrogens with one attached hydrogen (secondary N) is 1. The van der Waals surface area contributed by atoms with Crippen LogP contribution >= 0.6 is 0 Å². The molecule has 1 N–H and O–H groups in total. The van der Waals surface area contributed by atoms with Crippen LogP contribution < -0.4 is 15.0 Å². The quantitative estimate of drug-likeness (QED) is 0.891. The van der Waals surface area contributed by atoms with Crippen LogP contribution in [0.3, 0.4) is 0 Å². The second-order valence-corrected chi connectivity index (χ2v) is 6.28. The van der Waals surface area contributed by atoms with Crippen LogP contribution in [-0.4, -0.2) is 54.2 Å². The van der Waals surface area contributed by atoms with Crippen molar-refractivity contribution in [3.63, 3.8) is 0 Å². The molecule has 0 saturated carbocycles. The van der Waals surface area contributed by atoms with Gasteiger partial charge in [-0.3, -0.25) is 5.32 Å². The molecule has 0 bridgehead atoms. The Bertz CT molecular complexity index is 834. The lowest BCUT2D eigenvalue weighted by molar-refractivity contribution is 0.208. The van der Waals surface area contributed by atoms with Crippen molar-refractivity contribution >= 4 is 17.5 Å². The standard InChI is InChI=1S/C18H21F2N5O2/c1-11-12(2)22-17(27-3)16(21-11)23-18(26)25-6-4-24(5-7-25)15-9-13(19)8-14(20)10-15/h8-10H,4-7H2,1-3H3,(H,21,23,26). The summed E-state index contributed by atoms with van der Waals surface area (Å²) in [6.07, 6.45) is 0. The molecule has 3 rings (SSSR count). The summed E-state index contributed by atoms with van der Waals surface area (Å²) < 4.78 is 32.0. The number of benzene rings is 1. The molecule has 1 aliphatic heterocycles. The number of aryl methyl sites for hydroxylation is 2. The van der Waals surface area contributed by atoms with Crippen LogP contribution in [0.1, 0.15) is 11.4 Å². The number of halogens is 2. The fourth-order valence-electron chi connectivity index (χ4n) is 2.88. The van der Waals surface area contributed by atoms with Gasteiger partial charge in [-0.15, -0.1) is 0 Å². The van der Waals surface area contributed by atoms with Crippen LogP contribution in [0.4, 0.5) is 25.1 Å². The third kappa shape index (κ3) is 4.24. The zero-order valence-electron chi connectivity index (χ0n) is 15.4. The summed E-state index contributed by atoms with van der Waals surface area (Å²) in [4.78, 5) is 24.6. The van der Waals surface area contributed by atoms with Crippen LogP contribution in [0.2, 0.25) is 0 Å². The number of carbonyl (C=O) groups excluding carboxylic acids is 1. The molecule has 1 aromatic carbocycles. The number of hydrogen-bond donors (Lipinski definition) is 1. The van der Waals surface area contributed by atoms with E-state index >= 15 is 0 Å². The minimum absolute atomic E-state index is 0.250. The largest absolute Gasteiger partial charge is 0.478 e. The lowest BCUT2D eigenvalue weighted by atomic mass is 10.2. The van der Waals surface area contributed by atoms with Gasteiger partial charge in [0.05, 0.1) is 18.5 Å². The van der Waals surface area contributed by atoms with E-state index in [1.807, 2.05) is 11.8 Å². The topological polar surface area (TPSA) is 70.6 Å². The molecule has 2 heterocycles. The molecule has 0 atom stereocenters. The van der Waals surface area contributed by atoms with E-state index < -0.39 is 11.6 Å². The van der Waals surface area contributed by atoms with Crippen molar-refractivity contribution in [2.75, 3.05) is 43.5 Å². The first-order valence-corrected chi connectivity index (χ1v) is 8.53. The number of rotatable bonds is 3. The first-order valence-electron chi connectivity index (χ1n) is 8.53. The van der Waals surface area contributed by atoms with E-state index in [1.54, 1.807) is 11.8 Å². The first-order chi connectivity index (χ1) is 12.9. The van der Waals surface area contributed by atoms with E-state index in [2.05, 4.69) is 15.3 Å². The van der Waals surface area contributed by atoms with Gasteiger partial charge in [-0.1, -0.05) is 0 Å². The highest BCUT2D eigenvalue weighted by molar-refractivity contribution is 5.89. The molecule has 144 valence electrons. The Morgan fingerprint density at radius 2 is 1.63 bits per heavy atom. The average Bonchev–Trinajstić information content (AvgIpc) is 2.63. The third-order valence-electron chi connectivity index (χ3n) is 4.47. The molecule has 0 radical (unpaired) electrons. The Morgan fingerprint density at radius 1 is 1.04 bits per heavy atom. The van der Waals surface area contributed by atoms with Gasteiger partial charge in [0.25, 0.3) is 5.88 Å². The number of ether oxygens (including phenoxy) is 1. The Kier molecular flexibility index (Phi) is 5.38. The van der Waals surface area contributed by atoms with E-state index in [-0.39, 0.29) is 17.7 Å². The van der Waals surface area contributed by atoms with E-state index in [0.717, 1.165) is 11.8 Å². The molecule has 0 unspecified atom stereocenters. The van der Waals surface area contributed by atoms with E-state index in [9.17, 15) is 13.6 Å². The number of hydrogen-bond acceptors (Lipinski definition) is 5. The van der Waals surface area contributed by atoms with Crippen LogP contribution in [0.15, 0.2) is 18.2 Å². The number of anilines is 2. The molecule has 2 amide bonds. The Morgan fingerprint density at radius 3 is 2.22 bits per heavy atom. The molecular weight excluding hydrogens is 356 g/mol. The molecule has 1 aromatic heterocycles. The van der Waals surface area contributed by atoms with Crippen molar-refractivity contribution in [1.82, 2.24) is 14.9 Å². The van der Waals surface area contributed by atoms with Crippen LogP contribution in [0.5, 0.6) is 5.88 Å². The monoisotopic (exact) mass is 377 g/mol. The second kappa shape index (κ2) is 7.73. The smallest absolute Gasteiger partial charge is 0.323 e. The predicted molar refractivity (Wildman–Crippen MR) is 97.2 cm³/mol. The van der Waals surface area contributed by atoms with Crippen molar-refractivity contribution in [2.24, 2.45) is 0 Å². The molecule has 27 heavy (non-hydrogen) atoms. The zero-order valence-corrected chi connectivity index (χ0v) is 15.4. The Labute approximate surface area is 156 Å². The maximum atomic E-state index is 13.4. The number of carbonyl (C=O) groups is 1. The number of urea groups is 1. The van der Waals surface area contributed by atoms with Crippen LogP contribution in [0.25, 0.3) is 0 Å². The fourth-order valence-corrected chi connectivity index (χ4v) is 2.88. The van der Waals surface area contributed by atoms with Gasteiger partial charge in [0.15, 0.2) is 5.82 Å². The van der Waals surface area contributed by atoms with Crippen molar-refractivity contribution in [1.29, 1.82) is 0 Å². The average molecular weight is 377 g/mol. The summed E-state index contributed by atoms with van der Waals surface area (Å²) in [5.74, 6) is -0.725. The lowest BCUT2D eigenvalue weighted by Gasteiger charge is -2.36. The van der Waals surface area contributed by atoms with Gasteiger partial charge in [0.1, 0.15) is 11.6 Å². The second-order valence-electron chi connectivity index (χ2n) is 6.28. The Hall–Kier alpha value is -2.97. The molecule has 1 fully saturated rings. The third-order valence-corrected chi connectivity index (χ3v) is 4.47. The van der Waals surface area contributed by atoms with Gasteiger partial charge in [-0.25, -0.2) is 23.5 Å². The number of aromatic nitrogens is 2. The molecule has 9 heteroatoms. The summed E-state index contributed by atoms with van der Waals surface area (Å²) in [6, 6.07) is 3.09. The number of nitrogens with zero attached hydrogens (tertiary/aromatic N) is 4. The highest BCUT2D eigenvalue weighted by Crippen LogP contribution is 2.22. The summed E-state index contributed by atoms with van der Waals surface area (Å²) in [5.41, 5.74) is 1.89. The minimum atomic E-state index is -0.620. The molecule has 2 aromatic rings. The molecule has 7 nitrogen and oxygen atoms in total. The van der Waals surface area contributed by atoms with Crippen molar-refractivity contribution in [3.05, 3.63) is 41.2 Å². The maximum absolute atomic E-state index is 13.4. The van der Waals surface area contributed by atoms with E-state index in [0.29, 0.717) is 37.6 Å². The highest BCUT2D eigenvalue weighted by Gasteiger charge is 2.23. The van der Waals surface area contributed by atoms with Gasteiger partial charge in [0, 0.05) is 37.9 Å². The molecule has 1 aliphatic rings. The fraction of sp³-hybridized carbons (Fsp3) is 0.389. The highest BCUT2D eigenvalue weighted by atomic mass is 19.1. The van der Waals surface area contributed by atoms with Crippen molar-refractivity contribution in [3.8, 4) is 5.88 Å². The van der Waals surface area contributed by atoms with Gasteiger partial charge >= 0.3 is 6.03 Å². The SMILES string of the molecule is COc1nc(C)c(C)nc1NC(=O)N1CCN(c2cc(F)cc(F)c2)CC1. The first kappa shape index (κ1) is 18.8. The van der Waals surface area contributed by atoms with E-state index in [4.69, 9.17) is 4.74 Å². The van der Waals surface area contributed by atoms with E-state index in [1.165, 1.54) is 19.2 Å². The summed E-state index contributed by atoms with van der Waals surface area (Å²) in [6.45, 7) is 5.35. The summed E-state index contributed by atoms with van der Waals surface area (Å²) >= 11 is 0. The maximum Gasteiger partial charge on any atom is 0.323 e. The van der Waals surface area contributed by atoms with Crippen LogP contribution in [0, 0.1) is 25.5 Å². The lowest BCUT2D eigenvalue weighted by Crippen LogP contribution is -2.50. The van der Waals surface area contributed by atoms with Crippen LogP contribution in [-0.2, 0) is 0 Å². The number of amides is 2. The molecule has 0 spiro atoms. The molecule has 0 aliphatic carbocycles. The zero-order chi connectivity index (χ0) is 19.6. The number of methoxy groups -OCH3 is 1. The predicted octanol–water partition coefficient (Wildman–Crippen LogP) is 2.73. The van der Waals surface area contributed by atoms with Gasteiger partial charge in [-0.2, -0.15) is 0 Å². The Balaban J connectivity index is 1.64. The molecular formula is C18H21F2N5O2. The van der Waals surface area contributed by atoms with Gasteiger partial charge in [0.2, 0.25) is 0 Å².